The van der Waals surface area contributed by atoms with Crippen LogP contribution in [0.4, 0.5) is 0 Å². The van der Waals surface area contributed by atoms with Crippen LogP contribution in [0, 0.1) is 0 Å². The van der Waals surface area contributed by atoms with Crippen LogP contribution in [0.15, 0.2) is 66.9 Å². The van der Waals surface area contributed by atoms with E-state index in [1.165, 1.54) is 6.20 Å². The van der Waals surface area contributed by atoms with Gasteiger partial charge in [0.25, 0.3) is 5.91 Å². The van der Waals surface area contributed by atoms with Gasteiger partial charge in [0.2, 0.25) is 0 Å². The standard InChI is InChI=1S/C19H19N3O2/c23-16(11-14-7-3-1-4-8-14)12-20-19(24)17-13-21-22-18(17)15-9-5-2-6-10-15/h1-10,13,16,23H,11-12H2,(H,20,24)(H,21,22)/t16-/m1/s1. The van der Waals surface area contributed by atoms with Crippen LogP contribution in [0.3, 0.4) is 0 Å². The number of aromatic amines is 1. The number of aromatic nitrogens is 2. The van der Waals surface area contributed by atoms with Crippen molar-refractivity contribution in [2.45, 2.75) is 12.5 Å². The van der Waals surface area contributed by atoms with Gasteiger partial charge in [-0.15, -0.1) is 0 Å². The minimum atomic E-state index is -0.636. The number of rotatable bonds is 6. The molecule has 0 fully saturated rings. The summed E-state index contributed by atoms with van der Waals surface area (Å²) < 4.78 is 0. The van der Waals surface area contributed by atoms with Gasteiger partial charge in [-0.2, -0.15) is 5.10 Å². The van der Waals surface area contributed by atoms with E-state index in [9.17, 15) is 9.90 Å². The maximum absolute atomic E-state index is 12.4. The molecule has 3 rings (SSSR count). The zero-order valence-electron chi connectivity index (χ0n) is 13.1. The Balaban J connectivity index is 1.61. The van der Waals surface area contributed by atoms with Crippen molar-refractivity contribution in [3.63, 3.8) is 0 Å². The van der Waals surface area contributed by atoms with E-state index in [1.54, 1.807) is 0 Å². The number of aliphatic hydroxyl groups excluding tert-OH is 1. The van der Waals surface area contributed by atoms with Crippen LogP contribution in [0.1, 0.15) is 15.9 Å². The summed E-state index contributed by atoms with van der Waals surface area (Å²) in [6.45, 7) is 0.188. The van der Waals surface area contributed by atoms with Crippen molar-refractivity contribution in [2.75, 3.05) is 6.54 Å². The second-order valence-electron chi connectivity index (χ2n) is 5.58. The summed E-state index contributed by atoms with van der Waals surface area (Å²) in [4.78, 5) is 12.4. The fourth-order valence-electron chi connectivity index (χ4n) is 2.55. The molecule has 1 atom stereocenters. The molecule has 0 unspecified atom stereocenters. The molecule has 1 heterocycles. The molecular weight excluding hydrogens is 302 g/mol. The average molecular weight is 321 g/mol. The normalized spacial score (nSPS) is 11.9. The van der Waals surface area contributed by atoms with Gasteiger partial charge < -0.3 is 10.4 Å². The molecule has 0 aliphatic heterocycles. The quantitative estimate of drug-likeness (QED) is 0.652. The fraction of sp³-hybridized carbons (Fsp3) is 0.158. The highest BCUT2D eigenvalue weighted by Gasteiger charge is 2.16. The Morgan fingerprint density at radius 3 is 2.46 bits per heavy atom. The van der Waals surface area contributed by atoms with E-state index in [2.05, 4.69) is 15.5 Å². The van der Waals surface area contributed by atoms with Crippen molar-refractivity contribution in [1.82, 2.24) is 15.5 Å². The number of nitrogens with one attached hydrogen (secondary N) is 2. The van der Waals surface area contributed by atoms with Crippen molar-refractivity contribution in [3.05, 3.63) is 78.0 Å². The van der Waals surface area contributed by atoms with E-state index in [4.69, 9.17) is 0 Å². The molecule has 0 bridgehead atoms. The Labute approximate surface area is 140 Å². The van der Waals surface area contributed by atoms with E-state index in [0.717, 1.165) is 11.1 Å². The van der Waals surface area contributed by atoms with E-state index in [0.29, 0.717) is 17.7 Å². The number of H-pyrrole nitrogens is 1. The summed E-state index contributed by atoms with van der Waals surface area (Å²) >= 11 is 0. The SMILES string of the molecule is O=C(NC[C@H](O)Cc1ccccc1)c1cn[nH]c1-c1ccccc1. The van der Waals surface area contributed by atoms with Gasteiger partial charge in [-0.1, -0.05) is 60.7 Å². The molecule has 0 aliphatic rings. The number of amides is 1. The minimum Gasteiger partial charge on any atom is -0.391 e. The van der Waals surface area contributed by atoms with E-state index in [-0.39, 0.29) is 12.5 Å². The number of benzene rings is 2. The highest BCUT2D eigenvalue weighted by atomic mass is 16.3. The van der Waals surface area contributed by atoms with E-state index >= 15 is 0 Å². The van der Waals surface area contributed by atoms with Crippen molar-refractivity contribution in [1.29, 1.82) is 0 Å². The third kappa shape index (κ3) is 3.88. The molecule has 0 radical (unpaired) electrons. The smallest absolute Gasteiger partial charge is 0.255 e. The van der Waals surface area contributed by atoms with Gasteiger partial charge in [0.15, 0.2) is 0 Å². The first-order valence-corrected chi connectivity index (χ1v) is 7.83. The second kappa shape index (κ2) is 7.57. The third-order valence-electron chi connectivity index (χ3n) is 3.76. The van der Waals surface area contributed by atoms with Crippen LogP contribution in [0.2, 0.25) is 0 Å². The van der Waals surface area contributed by atoms with Crippen molar-refractivity contribution >= 4 is 5.91 Å². The molecule has 3 aromatic rings. The number of hydrogen-bond acceptors (Lipinski definition) is 3. The van der Waals surface area contributed by atoms with E-state index in [1.807, 2.05) is 60.7 Å². The Hall–Kier alpha value is -2.92. The highest BCUT2D eigenvalue weighted by Crippen LogP contribution is 2.20. The molecule has 5 heteroatoms. The summed E-state index contributed by atoms with van der Waals surface area (Å²) in [5, 5.41) is 19.7. The van der Waals surface area contributed by atoms with Crippen LogP contribution < -0.4 is 5.32 Å². The van der Waals surface area contributed by atoms with Gasteiger partial charge in [-0.3, -0.25) is 9.89 Å². The number of nitrogens with zero attached hydrogens (tertiary/aromatic N) is 1. The predicted octanol–water partition coefficient (Wildman–Crippen LogP) is 2.41. The minimum absolute atomic E-state index is 0.188. The van der Waals surface area contributed by atoms with Gasteiger partial charge >= 0.3 is 0 Å². The fourth-order valence-corrected chi connectivity index (χ4v) is 2.55. The molecule has 122 valence electrons. The molecule has 0 saturated heterocycles. The highest BCUT2D eigenvalue weighted by molar-refractivity contribution is 5.99. The largest absolute Gasteiger partial charge is 0.391 e. The Kier molecular flexibility index (Phi) is 5.03. The molecule has 24 heavy (non-hydrogen) atoms. The van der Waals surface area contributed by atoms with Crippen LogP contribution in [0.5, 0.6) is 0 Å². The molecule has 1 aromatic heterocycles. The molecule has 0 spiro atoms. The Morgan fingerprint density at radius 2 is 1.75 bits per heavy atom. The first-order valence-electron chi connectivity index (χ1n) is 7.83. The monoisotopic (exact) mass is 321 g/mol. The van der Waals surface area contributed by atoms with Crippen molar-refractivity contribution < 1.29 is 9.90 Å². The van der Waals surface area contributed by atoms with Crippen LogP contribution in [-0.2, 0) is 6.42 Å². The Bertz CT molecular complexity index is 785. The number of carbonyl (C=O) groups excluding carboxylic acids is 1. The predicted molar refractivity (Wildman–Crippen MR) is 92.5 cm³/mol. The lowest BCUT2D eigenvalue weighted by molar-refractivity contribution is 0.0916. The number of hydrogen-bond donors (Lipinski definition) is 3. The van der Waals surface area contributed by atoms with Gasteiger partial charge in [0.1, 0.15) is 0 Å². The maximum atomic E-state index is 12.4. The van der Waals surface area contributed by atoms with Crippen molar-refractivity contribution in [3.8, 4) is 11.3 Å². The summed E-state index contributed by atoms with van der Waals surface area (Å²) in [6.07, 6.45) is 1.36. The lowest BCUT2D eigenvalue weighted by Gasteiger charge is -2.12. The zero-order valence-corrected chi connectivity index (χ0v) is 13.1. The zero-order chi connectivity index (χ0) is 16.8. The molecular formula is C19H19N3O2. The van der Waals surface area contributed by atoms with Crippen molar-refractivity contribution in [2.24, 2.45) is 0 Å². The van der Waals surface area contributed by atoms with Crippen LogP contribution >= 0.6 is 0 Å². The summed E-state index contributed by atoms with van der Waals surface area (Å²) in [5.74, 6) is -0.255. The third-order valence-corrected chi connectivity index (χ3v) is 3.76. The van der Waals surface area contributed by atoms with Gasteiger partial charge in [0, 0.05) is 18.5 Å². The number of aliphatic hydroxyl groups is 1. The lowest BCUT2D eigenvalue weighted by Crippen LogP contribution is -2.33. The van der Waals surface area contributed by atoms with Gasteiger partial charge in [0.05, 0.1) is 23.6 Å². The van der Waals surface area contributed by atoms with Gasteiger partial charge in [-0.25, -0.2) is 0 Å². The maximum Gasteiger partial charge on any atom is 0.255 e. The first-order chi connectivity index (χ1) is 11.7. The molecule has 3 N–H and O–H groups in total. The van der Waals surface area contributed by atoms with E-state index < -0.39 is 6.10 Å². The average Bonchev–Trinajstić information content (AvgIpc) is 3.11. The molecule has 0 saturated carbocycles. The number of carbonyl (C=O) groups is 1. The van der Waals surface area contributed by atoms with Crippen LogP contribution in [-0.4, -0.2) is 33.9 Å². The summed E-state index contributed by atoms with van der Waals surface area (Å²) in [7, 11) is 0. The molecule has 2 aromatic carbocycles. The Morgan fingerprint density at radius 1 is 1.08 bits per heavy atom. The molecule has 5 nitrogen and oxygen atoms in total. The van der Waals surface area contributed by atoms with Gasteiger partial charge in [-0.05, 0) is 5.56 Å². The summed E-state index contributed by atoms with van der Waals surface area (Å²) in [5.41, 5.74) is 3.07. The first kappa shape index (κ1) is 16.0. The summed E-state index contributed by atoms with van der Waals surface area (Å²) in [6, 6.07) is 19.2. The molecule has 0 aliphatic carbocycles. The second-order valence-corrected chi connectivity index (χ2v) is 5.58. The lowest BCUT2D eigenvalue weighted by atomic mass is 10.1. The topological polar surface area (TPSA) is 78.0 Å². The van der Waals surface area contributed by atoms with Crippen LogP contribution in [0.25, 0.3) is 11.3 Å². The molecule has 1 amide bonds.